The molecule has 9 nitrogen and oxygen atoms in total. The normalized spacial score (nSPS) is 11.4. The first-order valence-corrected chi connectivity index (χ1v) is 9.09. The van der Waals surface area contributed by atoms with Gasteiger partial charge in [0.2, 0.25) is 0 Å². The van der Waals surface area contributed by atoms with Crippen LogP contribution in [-0.4, -0.2) is 35.7 Å². The minimum atomic E-state index is -0.707. The van der Waals surface area contributed by atoms with Crippen LogP contribution in [0.2, 0.25) is 0 Å². The van der Waals surface area contributed by atoms with Crippen LogP contribution >= 0.6 is 0 Å². The minimum absolute atomic E-state index is 0.349. The fraction of sp³-hybridized carbons (Fsp3) is 0.190. The first-order chi connectivity index (χ1) is 14.4. The molecule has 30 heavy (non-hydrogen) atoms. The Labute approximate surface area is 173 Å². The van der Waals surface area contributed by atoms with Gasteiger partial charge in [-0.1, -0.05) is 6.07 Å². The molecule has 2 aromatic carbocycles. The van der Waals surface area contributed by atoms with E-state index >= 15 is 0 Å². The summed E-state index contributed by atoms with van der Waals surface area (Å²) in [4.78, 5) is 28.5. The number of imidazole rings is 1. The molecular weight excluding hydrogens is 386 g/mol. The molecule has 3 amide bonds. The van der Waals surface area contributed by atoms with E-state index in [2.05, 4.69) is 15.6 Å². The molecule has 0 radical (unpaired) electrons. The Kier molecular flexibility index (Phi) is 6.21. The lowest BCUT2D eigenvalue weighted by atomic mass is 10.0. The van der Waals surface area contributed by atoms with Crippen LogP contribution in [0.1, 0.15) is 27.8 Å². The zero-order chi connectivity index (χ0) is 21.7. The van der Waals surface area contributed by atoms with Gasteiger partial charge >= 0.3 is 6.03 Å². The molecule has 1 aromatic heterocycles. The predicted octanol–water partition coefficient (Wildman–Crippen LogP) is 2.45. The number of methoxy groups -OCH3 is 2. The van der Waals surface area contributed by atoms with Crippen LogP contribution in [-0.2, 0) is 7.05 Å². The monoisotopic (exact) mass is 409 g/mol. The summed E-state index contributed by atoms with van der Waals surface area (Å²) in [5, 5.41) is 5.46. The molecule has 0 aliphatic rings. The van der Waals surface area contributed by atoms with E-state index < -0.39 is 12.1 Å². The lowest BCUT2D eigenvalue weighted by Gasteiger charge is -2.21. The second-order valence-corrected chi connectivity index (χ2v) is 6.52. The van der Waals surface area contributed by atoms with E-state index in [0.29, 0.717) is 28.6 Å². The second kappa shape index (κ2) is 8.99. The first-order valence-electron chi connectivity index (χ1n) is 9.09. The number of rotatable bonds is 7. The molecule has 0 bridgehead atoms. The summed E-state index contributed by atoms with van der Waals surface area (Å²) in [5.41, 5.74) is 6.67. The van der Waals surface area contributed by atoms with Crippen molar-refractivity contribution in [2.24, 2.45) is 12.8 Å². The number of nitrogens with two attached hydrogens (primary N) is 1. The van der Waals surface area contributed by atoms with Crippen LogP contribution in [0.25, 0.3) is 0 Å². The summed E-state index contributed by atoms with van der Waals surface area (Å²) in [7, 11) is 4.96. The quantitative estimate of drug-likeness (QED) is 0.554. The van der Waals surface area contributed by atoms with Gasteiger partial charge < -0.3 is 30.4 Å². The Morgan fingerprint density at radius 1 is 1.10 bits per heavy atom. The van der Waals surface area contributed by atoms with Crippen molar-refractivity contribution in [2.75, 3.05) is 19.5 Å². The van der Waals surface area contributed by atoms with Gasteiger partial charge in [0.25, 0.3) is 5.91 Å². The minimum Gasteiger partial charge on any atom is -0.497 e. The van der Waals surface area contributed by atoms with Crippen LogP contribution in [0.3, 0.4) is 0 Å². The Balaban J connectivity index is 1.98. The molecular formula is C21H23N5O4. The number of amides is 3. The van der Waals surface area contributed by atoms with Crippen molar-refractivity contribution in [3.8, 4) is 11.5 Å². The fourth-order valence-corrected chi connectivity index (χ4v) is 3.04. The molecule has 0 aliphatic heterocycles. The van der Waals surface area contributed by atoms with Gasteiger partial charge in [0.1, 0.15) is 23.4 Å². The molecule has 4 N–H and O–H groups in total. The van der Waals surface area contributed by atoms with Gasteiger partial charge in [-0.3, -0.25) is 4.79 Å². The number of primary amides is 1. The van der Waals surface area contributed by atoms with E-state index in [9.17, 15) is 9.59 Å². The molecule has 1 heterocycles. The Morgan fingerprint density at radius 2 is 1.80 bits per heavy atom. The van der Waals surface area contributed by atoms with Crippen LogP contribution in [0, 0.1) is 0 Å². The Morgan fingerprint density at radius 3 is 2.37 bits per heavy atom. The third kappa shape index (κ3) is 4.69. The number of aryl methyl sites for hydroxylation is 1. The molecule has 1 atom stereocenters. The number of nitrogens with zero attached hydrogens (tertiary/aromatic N) is 2. The number of hydrogen-bond donors (Lipinski definition) is 3. The van der Waals surface area contributed by atoms with Crippen molar-refractivity contribution in [3.05, 3.63) is 71.8 Å². The third-order valence-electron chi connectivity index (χ3n) is 4.49. The van der Waals surface area contributed by atoms with E-state index in [1.807, 2.05) is 23.7 Å². The predicted molar refractivity (Wildman–Crippen MR) is 112 cm³/mol. The summed E-state index contributed by atoms with van der Waals surface area (Å²) in [6.07, 6.45) is 3.45. The highest BCUT2D eigenvalue weighted by Crippen LogP contribution is 2.29. The summed E-state index contributed by atoms with van der Waals surface area (Å²) in [6.45, 7) is 0. The highest BCUT2D eigenvalue weighted by molar-refractivity contribution is 5.97. The smallest absolute Gasteiger partial charge is 0.316 e. The van der Waals surface area contributed by atoms with Crippen molar-refractivity contribution in [1.29, 1.82) is 0 Å². The fourth-order valence-electron chi connectivity index (χ4n) is 3.04. The zero-order valence-corrected chi connectivity index (χ0v) is 16.9. The lowest BCUT2D eigenvalue weighted by molar-refractivity contribution is 0.0941. The number of urea groups is 1. The van der Waals surface area contributed by atoms with E-state index in [1.54, 1.807) is 56.9 Å². The number of benzene rings is 2. The maximum absolute atomic E-state index is 13.0. The molecule has 156 valence electrons. The second-order valence-electron chi connectivity index (χ2n) is 6.52. The van der Waals surface area contributed by atoms with Crippen LogP contribution in [0.5, 0.6) is 11.5 Å². The van der Waals surface area contributed by atoms with Crippen molar-refractivity contribution in [1.82, 2.24) is 14.9 Å². The molecule has 3 aromatic rings. The van der Waals surface area contributed by atoms with Gasteiger partial charge in [-0.05, 0) is 35.9 Å². The number of carbonyl (C=O) groups is 2. The molecule has 1 unspecified atom stereocenters. The van der Waals surface area contributed by atoms with Crippen molar-refractivity contribution in [2.45, 2.75) is 6.04 Å². The third-order valence-corrected chi connectivity index (χ3v) is 4.49. The van der Waals surface area contributed by atoms with Crippen molar-refractivity contribution >= 4 is 17.6 Å². The van der Waals surface area contributed by atoms with E-state index in [0.717, 1.165) is 5.56 Å². The van der Waals surface area contributed by atoms with E-state index in [-0.39, 0.29) is 5.91 Å². The maximum Gasteiger partial charge on any atom is 0.316 e. The molecule has 0 fully saturated rings. The number of anilines is 1. The van der Waals surface area contributed by atoms with Gasteiger partial charge in [-0.15, -0.1) is 0 Å². The number of nitrogens with one attached hydrogen (secondary N) is 2. The Bertz CT molecular complexity index is 1040. The van der Waals surface area contributed by atoms with E-state index in [4.69, 9.17) is 15.2 Å². The number of ether oxygens (including phenoxy) is 2. The van der Waals surface area contributed by atoms with Crippen LogP contribution in [0.15, 0.2) is 54.9 Å². The highest BCUT2D eigenvalue weighted by Gasteiger charge is 2.23. The standard InChI is InChI=1S/C21H23N5O4/c1-26-8-7-23-19(26)18(14-10-16(29-2)12-17(11-14)30-3)25-20(27)13-5-4-6-15(9-13)24-21(22)28/h4-12,18H,1-3H3,(H,25,27)(H3,22,24,28). The number of carbonyl (C=O) groups excluding carboxylic acids is 2. The number of hydrogen-bond acceptors (Lipinski definition) is 5. The molecule has 0 spiro atoms. The van der Waals surface area contributed by atoms with E-state index in [1.165, 1.54) is 0 Å². The summed E-state index contributed by atoms with van der Waals surface area (Å²) >= 11 is 0. The van der Waals surface area contributed by atoms with Gasteiger partial charge in [0.15, 0.2) is 0 Å². The van der Waals surface area contributed by atoms with Gasteiger partial charge in [-0.2, -0.15) is 0 Å². The maximum atomic E-state index is 13.0. The van der Waals surface area contributed by atoms with Crippen molar-refractivity contribution < 1.29 is 19.1 Å². The van der Waals surface area contributed by atoms with Crippen molar-refractivity contribution in [3.63, 3.8) is 0 Å². The average molecular weight is 409 g/mol. The lowest BCUT2D eigenvalue weighted by Crippen LogP contribution is -2.31. The topological polar surface area (TPSA) is 120 Å². The van der Waals surface area contributed by atoms with Gasteiger partial charge in [0, 0.05) is 36.8 Å². The first kappa shape index (κ1) is 20.7. The van der Waals surface area contributed by atoms with Crippen LogP contribution < -0.4 is 25.8 Å². The summed E-state index contributed by atoms with van der Waals surface area (Å²) < 4.78 is 12.6. The largest absolute Gasteiger partial charge is 0.497 e. The summed E-state index contributed by atoms with van der Waals surface area (Å²) in [5.74, 6) is 1.46. The molecule has 0 saturated heterocycles. The Hall–Kier alpha value is -4.01. The highest BCUT2D eigenvalue weighted by atomic mass is 16.5. The zero-order valence-electron chi connectivity index (χ0n) is 16.9. The molecule has 3 rings (SSSR count). The van der Waals surface area contributed by atoms with Crippen LogP contribution in [0.4, 0.5) is 10.5 Å². The SMILES string of the molecule is COc1cc(OC)cc(C(NC(=O)c2cccc(NC(N)=O)c2)c2nccn2C)c1. The van der Waals surface area contributed by atoms with Gasteiger partial charge in [-0.25, -0.2) is 9.78 Å². The van der Waals surface area contributed by atoms with Gasteiger partial charge in [0.05, 0.1) is 14.2 Å². The molecule has 9 heteroatoms. The average Bonchev–Trinajstić information content (AvgIpc) is 3.16. The molecule has 0 saturated carbocycles. The molecule has 0 aliphatic carbocycles. The number of aromatic nitrogens is 2. The summed E-state index contributed by atoms with van der Waals surface area (Å²) in [6, 6.07) is 10.6.